The minimum atomic E-state index is -0.426. The first kappa shape index (κ1) is 17.0. The number of thiophene rings is 1. The van der Waals surface area contributed by atoms with Gasteiger partial charge in [0.05, 0.1) is 10.8 Å². The van der Waals surface area contributed by atoms with Crippen LogP contribution in [-0.2, 0) is 4.79 Å². The molecule has 0 bridgehead atoms. The van der Waals surface area contributed by atoms with Crippen molar-refractivity contribution in [1.29, 1.82) is 0 Å². The quantitative estimate of drug-likeness (QED) is 0.905. The smallest absolute Gasteiger partial charge is 0.265 e. The molecule has 1 aliphatic rings. The summed E-state index contributed by atoms with van der Waals surface area (Å²) >= 11 is 3.02. The van der Waals surface area contributed by atoms with Crippen LogP contribution >= 0.6 is 23.1 Å². The number of benzene rings is 1. The highest BCUT2D eigenvalue weighted by molar-refractivity contribution is 7.99. The first-order valence-corrected chi connectivity index (χ1v) is 9.81. The van der Waals surface area contributed by atoms with Gasteiger partial charge in [-0.3, -0.25) is 9.59 Å². The van der Waals surface area contributed by atoms with Gasteiger partial charge in [0.2, 0.25) is 5.91 Å². The second-order valence-corrected chi connectivity index (χ2v) is 7.98. The monoisotopic (exact) mass is 360 g/mol. The summed E-state index contributed by atoms with van der Waals surface area (Å²) in [7, 11) is 0. The predicted octanol–water partition coefficient (Wildman–Crippen LogP) is 3.83. The number of nitrogens with zero attached hydrogens (tertiary/aromatic N) is 1. The van der Waals surface area contributed by atoms with E-state index in [0.29, 0.717) is 16.5 Å². The molecule has 1 atom stereocenters. The topological polar surface area (TPSA) is 49.4 Å². The number of anilines is 1. The van der Waals surface area contributed by atoms with E-state index < -0.39 is 6.04 Å². The van der Waals surface area contributed by atoms with Crippen molar-refractivity contribution in [3.63, 3.8) is 0 Å². The molecule has 1 aromatic heterocycles. The summed E-state index contributed by atoms with van der Waals surface area (Å²) in [6.45, 7) is 6.03. The number of nitrogens with one attached hydrogen (secondary N) is 1. The molecule has 6 heteroatoms. The number of thioether (sulfide) groups is 1. The molecule has 1 unspecified atom stereocenters. The Morgan fingerprint density at radius 3 is 2.54 bits per heavy atom. The molecule has 1 fully saturated rings. The summed E-state index contributed by atoms with van der Waals surface area (Å²) in [6, 6.07) is 7.35. The third kappa shape index (κ3) is 3.35. The van der Waals surface area contributed by atoms with Crippen molar-refractivity contribution in [2.24, 2.45) is 0 Å². The lowest BCUT2D eigenvalue weighted by molar-refractivity contribution is -0.119. The molecule has 2 amide bonds. The van der Waals surface area contributed by atoms with Crippen molar-refractivity contribution >= 4 is 40.6 Å². The van der Waals surface area contributed by atoms with Gasteiger partial charge in [0.1, 0.15) is 6.04 Å². The first-order chi connectivity index (χ1) is 11.5. The van der Waals surface area contributed by atoms with Crippen molar-refractivity contribution in [3.8, 4) is 0 Å². The average molecular weight is 361 g/mol. The van der Waals surface area contributed by atoms with Gasteiger partial charge in [-0.05, 0) is 43.3 Å². The Morgan fingerprint density at radius 1 is 1.21 bits per heavy atom. The number of carbonyl (C=O) groups excluding carboxylic acids is 2. The lowest BCUT2D eigenvalue weighted by Gasteiger charge is -2.23. The Kier molecular flexibility index (Phi) is 4.96. The molecule has 4 nitrogen and oxygen atoms in total. The van der Waals surface area contributed by atoms with Crippen LogP contribution in [0.5, 0.6) is 0 Å². The second-order valence-electron chi connectivity index (χ2n) is 6.03. The number of hydrogen-bond acceptors (Lipinski definition) is 4. The molecule has 0 aliphatic carbocycles. The Labute approximate surface area is 150 Å². The number of aryl methyl sites for hydroxylation is 3. The van der Waals surface area contributed by atoms with Crippen LogP contribution in [0.2, 0.25) is 0 Å². The average Bonchev–Trinajstić information content (AvgIpc) is 3.20. The molecule has 0 spiro atoms. The van der Waals surface area contributed by atoms with Gasteiger partial charge in [-0.15, -0.1) is 23.1 Å². The maximum Gasteiger partial charge on any atom is 0.265 e. The molecule has 3 rings (SSSR count). The van der Waals surface area contributed by atoms with Crippen LogP contribution in [0.4, 0.5) is 5.69 Å². The fourth-order valence-corrected chi connectivity index (χ4v) is 4.82. The first-order valence-electron chi connectivity index (χ1n) is 7.78. The third-order valence-electron chi connectivity index (χ3n) is 4.10. The molecule has 0 saturated carbocycles. The summed E-state index contributed by atoms with van der Waals surface area (Å²) in [5.74, 6) is 1.01. The van der Waals surface area contributed by atoms with Crippen LogP contribution in [0.25, 0.3) is 0 Å². The molecule has 2 heterocycles. The summed E-state index contributed by atoms with van der Waals surface area (Å²) in [6.07, 6.45) is 0. The second kappa shape index (κ2) is 6.99. The summed E-state index contributed by atoms with van der Waals surface area (Å²) in [5, 5.41) is 4.91. The highest BCUT2D eigenvalue weighted by Gasteiger charge is 2.35. The molecule has 0 radical (unpaired) electrons. The minimum Gasteiger partial charge on any atom is -0.324 e. The predicted molar refractivity (Wildman–Crippen MR) is 101 cm³/mol. The van der Waals surface area contributed by atoms with Crippen molar-refractivity contribution < 1.29 is 9.59 Å². The number of hydrogen-bond donors (Lipinski definition) is 1. The zero-order valence-corrected chi connectivity index (χ0v) is 15.6. The Morgan fingerprint density at radius 2 is 1.92 bits per heavy atom. The lowest BCUT2D eigenvalue weighted by Crippen LogP contribution is -2.44. The van der Waals surface area contributed by atoms with Crippen LogP contribution < -0.4 is 5.32 Å². The van der Waals surface area contributed by atoms with E-state index in [1.807, 2.05) is 32.2 Å². The van der Waals surface area contributed by atoms with Gasteiger partial charge in [-0.2, -0.15) is 0 Å². The van der Waals surface area contributed by atoms with Gasteiger partial charge in [0, 0.05) is 11.4 Å². The molecule has 2 aromatic rings. The molecular formula is C18H20N2O2S2. The van der Waals surface area contributed by atoms with E-state index in [2.05, 4.69) is 17.4 Å². The lowest BCUT2D eigenvalue weighted by atomic mass is 10.0. The summed E-state index contributed by atoms with van der Waals surface area (Å²) < 4.78 is 0. The molecule has 24 heavy (non-hydrogen) atoms. The van der Waals surface area contributed by atoms with Crippen LogP contribution in [-0.4, -0.2) is 34.4 Å². The number of rotatable bonds is 3. The Hall–Kier alpha value is -1.79. The summed E-state index contributed by atoms with van der Waals surface area (Å²) in [5.41, 5.74) is 4.12. The highest BCUT2D eigenvalue weighted by atomic mass is 32.2. The molecule has 1 aromatic carbocycles. The minimum absolute atomic E-state index is 0.0625. The number of carbonyl (C=O) groups is 2. The Bertz CT molecular complexity index is 748. The van der Waals surface area contributed by atoms with Crippen LogP contribution in [0.3, 0.4) is 0 Å². The van der Waals surface area contributed by atoms with E-state index >= 15 is 0 Å². The van der Waals surface area contributed by atoms with Crippen LogP contribution in [0, 0.1) is 20.8 Å². The van der Waals surface area contributed by atoms with E-state index in [0.717, 1.165) is 16.8 Å². The normalized spacial score (nSPS) is 17.1. The van der Waals surface area contributed by atoms with E-state index in [-0.39, 0.29) is 11.8 Å². The zero-order valence-electron chi connectivity index (χ0n) is 14.0. The standard InChI is InChI=1S/C18H20N2O2S2/c1-11-7-12(2)16(13(3)8-11)19-17(21)14-9-23-10-20(14)18(22)15-5-4-6-24-15/h4-8,14H,9-10H2,1-3H3,(H,19,21). The zero-order chi connectivity index (χ0) is 17.3. The van der Waals surface area contributed by atoms with Gasteiger partial charge in [0.15, 0.2) is 0 Å². The molecule has 1 N–H and O–H groups in total. The van der Waals surface area contributed by atoms with E-state index in [1.54, 1.807) is 22.7 Å². The van der Waals surface area contributed by atoms with E-state index in [1.165, 1.54) is 16.9 Å². The van der Waals surface area contributed by atoms with Gasteiger partial charge in [0.25, 0.3) is 5.91 Å². The largest absolute Gasteiger partial charge is 0.324 e. The van der Waals surface area contributed by atoms with Gasteiger partial charge < -0.3 is 10.2 Å². The van der Waals surface area contributed by atoms with Crippen molar-refractivity contribution in [1.82, 2.24) is 4.90 Å². The fourth-order valence-electron chi connectivity index (χ4n) is 2.99. The van der Waals surface area contributed by atoms with E-state index in [9.17, 15) is 9.59 Å². The third-order valence-corrected chi connectivity index (χ3v) is 5.97. The van der Waals surface area contributed by atoms with E-state index in [4.69, 9.17) is 0 Å². The molecule has 1 aliphatic heterocycles. The number of amides is 2. The SMILES string of the molecule is Cc1cc(C)c(NC(=O)C2CSCN2C(=O)c2cccs2)c(C)c1. The van der Waals surface area contributed by atoms with Crippen molar-refractivity contribution in [2.75, 3.05) is 16.9 Å². The Balaban J connectivity index is 1.78. The summed E-state index contributed by atoms with van der Waals surface area (Å²) in [4.78, 5) is 27.7. The van der Waals surface area contributed by atoms with Gasteiger partial charge in [-0.1, -0.05) is 23.8 Å². The molecule has 1 saturated heterocycles. The van der Waals surface area contributed by atoms with Gasteiger partial charge >= 0.3 is 0 Å². The van der Waals surface area contributed by atoms with Gasteiger partial charge in [-0.25, -0.2) is 0 Å². The maximum absolute atomic E-state index is 12.8. The maximum atomic E-state index is 12.8. The van der Waals surface area contributed by atoms with Crippen LogP contribution in [0.1, 0.15) is 26.4 Å². The van der Waals surface area contributed by atoms with Crippen molar-refractivity contribution in [2.45, 2.75) is 26.8 Å². The molecular weight excluding hydrogens is 340 g/mol. The van der Waals surface area contributed by atoms with Crippen LogP contribution in [0.15, 0.2) is 29.6 Å². The molecule has 126 valence electrons. The fraction of sp³-hybridized carbons (Fsp3) is 0.333. The van der Waals surface area contributed by atoms with Crippen molar-refractivity contribution in [3.05, 3.63) is 51.2 Å². The highest BCUT2D eigenvalue weighted by Crippen LogP contribution is 2.27.